The van der Waals surface area contributed by atoms with Gasteiger partial charge in [0, 0.05) is 22.7 Å². The Morgan fingerprint density at radius 3 is 1.83 bits per heavy atom. The zero-order chi connectivity index (χ0) is 20.5. The van der Waals surface area contributed by atoms with Crippen LogP contribution in [0.3, 0.4) is 0 Å². The largest absolute Gasteiger partial charge is 0.513 e. The Balaban J connectivity index is 1.50. The van der Waals surface area contributed by atoms with Crippen LogP contribution in [-0.4, -0.2) is 18.8 Å². The summed E-state index contributed by atoms with van der Waals surface area (Å²) in [7, 11) is 0. The van der Waals surface area contributed by atoms with Crippen molar-refractivity contribution in [3.05, 3.63) is 78.9 Å². The maximum Gasteiger partial charge on any atom is 0.513 e. The van der Waals surface area contributed by atoms with Gasteiger partial charge in [-0.05, 0) is 67.6 Å². The van der Waals surface area contributed by atoms with Gasteiger partial charge in [-0.15, -0.1) is 0 Å². The zero-order valence-corrected chi connectivity index (χ0v) is 15.8. The topological polar surface area (TPSA) is 88.7 Å². The van der Waals surface area contributed by atoms with E-state index in [1.54, 1.807) is 43.3 Å². The van der Waals surface area contributed by atoms with E-state index >= 15 is 0 Å². The minimum Gasteiger partial charge on any atom is -0.434 e. The van der Waals surface area contributed by atoms with E-state index in [-0.39, 0.29) is 12.6 Å². The molecule has 0 radical (unpaired) electrons. The molecular formula is C22H21N3O4. The molecule has 0 aliphatic rings. The summed E-state index contributed by atoms with van der Waals surface area (Å²) in [5.41, 5.74) is 3.12. The molecule has 3 rings (SSSR count). The maximum absolute atomic E-state index is 12.2. The predicted molar refractivity (Wildman–Crippen MR) is 113 cm³/mol. The molecule has 7 heteroatoms. The van der Waals surface area contributed by atoms with Gasteiger partial charge in [0.2, 0.25) is 0 Å². The normalized spacial score (nSPS) is 9.97. The number of nitrogens with one attached hydrogen (secondary N) is 3. The highest BCUT2D eigenvalue weighted by Gasteiger charge is 2.06. The molecule has 2 amide bonds. The van der Waals surface area contributed by atoms with Gasteiger partial charge in [0.25, 0.3) is 0 Å². The lowest BCUT2D eigenvalue weighted by Crippen LogP contribution is -2.19. The summed E-state index contributed by atoms with van der Waals surface area (Å²) in [5, 5.41) is 8.75. The number of ether oxygens (including phenoxy) is 2. The fraction of sp³-hybridized carbons (Fsp3) is 0.0909. The first-order chi connectivity index (χ1) is 14.1. The van der Waals surface area contributed by atoms with Gasteiger partial charge in [0.05, 0.1) is 6.61 Å². The van der Waals surface area contributed by atoms with Gasteiger partial charge in [-0.3, -0.25) is 0 Å². The van der Waals surface area contributed by atoms with Gasteiger partial charge >= 0.3 is 12.2 Å². The minimum atomic E-state index is -0.767. The first kappa shape index (κ1) is 19.8. The molecule has 148 valence electrons. The molecule has 0 aliphatic heterocycles. The first-order valence-corrected chi connectivity index (χ1v) is 9.07. The molecule has 0 unspecified atom stereocenters. The molecule has 3 N–H and O–H groups in total. The van der Waals surface area contributed by atoms with E-state index < -0.39 is 6.16 Å². The van der Waals surface area contributed by atoms with Crippen molar-refractivity contribution < 1.29 is 19.1 Å². The lowest BCUT2D eigenvalue weighted by molar-refractivity contribution is 0.104. The number of urea groups is 1. The summed E-state index contributed by atoms with van der Waals surface area (Å²) in [4.78, 5) is 23.4. The molecule has 0 saturated heterocycles. The van der Waals surface area contributed by atoms with Crippen LogP contribution in [0.15, 0.2) is 78.9 Å². The van der Waals surface area contributed by atoms with Crippen LogP contribution < -0.4 is 20.7 Å². The third-order valence-corrected chi connectivity index (χ3v) is 3.78. The van der Waals surface area contributed by atoms with Crippen molar-refractivity contribution in [2.24, 2.45) is 0 Å². The van der Waals surface area contributed by atoms with Crippen LogP contribution in [0, 0.1) is 0 Å². The smallest absolute Gasteiger partial charge is 0.434 e. The number of amides is 2. The van der Waals surface area contributed by atoms with Crippen molar-refractivity contribution in [2.45, 2.75) is 6.92 Å². The number of carbonyl (C=O) groups is 2. The number of rotatable bonds is 6. The maximum atomic E-state index is 12.2. The van der Waals surface area contributed by atoms with Crippen molar-refractivity contribution in [3.8, 4) is 5.75 Å². The fourth-order valence-electron chi connectivity index (χ4n) is 2.47. The highest BCUT2D eigenvalue weighted by molar-refractivity contribution is 5.99. The van der Waals surface area contributed by atoms with Crippen molar-refractivity contribution >= 4 is 34.9 Å². The van der Waals surface area contributed by atoms with Crippen molar-refractivity contribution in [3.63, 3.8) is 0 Å². The van der Waals surface area contributed by atoms with Gasteiger partial charge in [0.1, 0.15) is 5.75 Å². The van der Waals surface area contributed by atoms with E-state index in [9.17, 15) is 9.59 Å². The summed E-state index contributed by atoms with van der Waals surface area (Å²) >= 11 is 0. The average molecular weight is 391 g/mol. The number of para-hydroxylation sites is 1. The average Bonchev–Trinajstić information content (AvgIpc) is 2.72. The molecule has 0 aliphatic carbocycles. The molecule has 0 aromatic heterocycles. The predicted octanol–water partition coefficient (Wildman–Crippen LogP) is 5.61. The van der Waals surface area contributed by atoms with E-state index in [0.29, 0.717) is 17.1 Å². The lowest BCUT2D eigenvalue weighted by atomic mass is 10.2. The number of anilines is 4. The van der Waals surface area contributed by atoms with Crippen LogP contribution in [0.4, 0.5) is 32.3 Å². The molecule has 0 spiro atoms. The molecule has 3 aromatic rings. The molecule has 0 heterocycles. The van der Waals surface area contributed by atoms with E-state index in [0.717, 1.165) is 11.4 Å². The summed E-state index contributed by atoms with van der Waals surface area (Å²) in [5.74, 6) is 0.330. The molecular weight excluding hydrogens is 370 g/mol. The monoisotopic (exact) mass is 391 g/mol. The molecule has 0 bridgehead atoms. The lowest BCUT2D eigenvalue weighted by Gasteiger charge is -2.10. The van der Waals surface area contributed by atoms with Crippen LogP contribution in [0.5, 0.6) is 5.75 Å². The fourth-order valence-corrected chi connectivity index (χ4v) is 2.47. The zero-order valence-electron chi connectivity index (χ0n) is 15.8. The highest BCUT2D eigenvalue weighted by atomic mass is 16.7. The van der Waals surface area contributed by atoms with E-state index in [1.165, 1.54) is 0 Å². The quantitative estimate of drug-likeness (QED) is 0.375. The molecule has 0 saturated carbocycles. The molecule has 29 heavy (non-hydrogen) atoms. The Labute approximate surface area is 168 Å². The van der Waals surface area contributed by atoms with Crippen molar-refractivity contribution in [2.75, 3.05) is 22.6 Å². The molecule has 0 atom stereocenters. The summed E-state index contributed by atoms with van der Waals surface area (Å²) in [6.07, 6.45) is -0.767. The van der Waals surface area contributed by atoms with Gasteiger partial charge in [-0.1, -0.05) is 18.2 Å². The summed E-state index contributed by atoms with van der Waals surface area (Å²) in [6.45, 7) is 1.93. The van der Waals surface area contributed by atoms with Gasteiger partial charge in [-0.25, -0.2) is 9.59 Å². The second-order valence-corrected chi connectivity index (χ2v) is 5.96. The van der Waals surface area contributed by atoms with Crippen molar-refractivity contribution in [1.82, 2.24) is 0 Å². The first-order valence-electron chi connectivity index (χ1n) is 9.07. The van der Waals surface area contributed by atoms with Crippen LogP contribution in [0.25, 0.3) is 0 Å². The van der Waals surface area contributed by atoms with E-state index in [2.05, 4.69) is 16.0 Å². The molecule has 7 nitrogen and oxygen atoms in total. The Kier molecular flexibility index (Phi) is 6.67. The van der Waals surface area contributed by atoms with E-state index in [4.69, 9.17) is 9.47 Å². The molecule has 3 aromatic carbocycles. The van der Waals surface area contributed by atoms with Crippen molar-refractivity contribution in [1.29, 1.82) is 0 Å². The second kappa shape index (κ2) is 9.80. The Morgan fingerprint density at radius 1 is 0.724 bits per heavy atom. The highest BCUT2D eigenvalue weighted by Crippen LogP contribution is 2.20. The number of benzene rings is 3. The minimum absolute atomic E-state index is 0.238. The Bertz CT molecular complexity index is 942. The van der Waals surface area contributed by atoms with Crippen LogP contribution in [0.2, 0.25) is 0 Å². The number of hydrogen-bond donors (Lipinski definition) is 3. The van der Waals surface area contributed by atoms with Crippen LogP contribution in [0.1, 0.15) is 6.92 Å². The van der Waals surface area contributed by atoms with Gasteiger partial charge in [0.15, 0.2) is 0 Å². The van der Waals surface area contributed by atoms with Crippen LogP contribution in [-0.2, 0) is 4.74 Å². The third kappa shape index (κ3) is 6.28. The standard InChI is InChI=1S/C22H21N3O4/c1-2-28-22(27)29-20-14-12-19(13-15-20)25-21(26)24-18-10-8-17(9-11-18)23-16-6-4-3-5-7-16/h3-15,23H,2H2,1H3,(H2,24,25,26). The van der Waals surface area contributed by atoms with Crippen LogP contribution >= 0.6 is 0 Å². The Morgan fingerprint density at radius 2 is 1.24 bits per heavy atom. The molecule has 0 fully saturated rings. The number of carbonyl (C=O) groups excluding carboxylic acids is 2. The van der Waals surface area contributed by atoms with Gasteiger partial charge < -0.3 is 25.4 Å². The number of hydrogen-bond acceptors (Lipinski definition) is 5. The third-order valence-electron chi connectivity index (χ3n) is 3.78. The SMILES string of the molecule is CCOC(=O)Oc1ccc(NC(=O)Nc2ccc(Nc3ccccc3)cc2)cc1. The van der Waals surface area contributed by atoms with Gasteiger partial charge in [-0.2, -0.15) is 0 Å². The second-order valence-electron chi connectivity index (χ2n) is 5.96. The van der Waals surface area contributed by atoms with E-state index in [1.807, 2.05) is 42.5 Å². The summed E-state index contributed by atoms with van der Waals surface area (Å²) in [6, 6.07) is 23.2. The summed E-state index contributed by atoms with van der Waals surface area (Å²) < 4.78 is 9.67. The Hall–Kier alpha value is -4.00.